The predicted octanol–water partition coefficient (Wildman–Crippen LogP) is 0.731. The van der Waals surface area contributed by atoms with Gasteiger partial charge in [0.25, 0.3) is 11.8 Å². The van der Waals surface area contributed by atoms with E-state index in [1.165, 1.54) is 29.3 Å². The van der Waals surface area contributed by atoms with Crippen molar-refractivity contribution in [2.24, 2.45) is 7.05 Å². The summed E-state index contributed by atoms with van der Waals surface area (Å²) in [5.41, 5.74) is 1.71. The zero-order valence-corrected chi connectivity index (χ0v) is 16.1. The number of hydrogen-bond donors (Lipinski definition) is 3. The minimum Gasteiger partial charge on any atom is -0.480 e. The number of carbonyl (C=O) groups excluding carboxylic acids is 2. The molecule has 0 bridgehead atoms. The molecule has 0 spiro atoms. The number of nitrogens with one attached hydrogen (secondary N) is 2. The van der Waals surface area contributed by atoms with E-state index in [0.717, 1.165) is 10.4 Å². The zero-order chi connectivity index (χ0) is 21.1. The van der Waals surface area contributed by atoms with Crippen LogP contribution in [0.2, 0.25) is 0 Å². The van der Waals surface area contributed by atoms with E-state index >= 15 is 0 Å². The van der Waals surface area contributed by atoms with Crippen LogP contribution in [0.5, 0.6) is 0 Å². The Bertz CT molecular complexity index is 1080. The van der Waals surface area contributed by atoms with Gasteiger partial charge in [0.1, 0.15) is 17.9 Å². The number of carboxylic acid groups (broad SMARTS) is 1. The molecule has 0 aliphatic heterocycles. The fraction of sp³-hybridized carbons (Fsp3) is 0.294. The fourth-order valence-electron chi connectivity index (χ4n) is 2.73. The van der Waals surface area contributed by atoms with Gasteiger partial charge in [-0.3, -0.25) is 23.7 Å². The first-order chi connectivity index (χ1) is 13.8. The summed E-state index contributed by atoms with van der Waals surface area (Å²) in [4.78, 5) is 36.4. The quantitative estimate of drug-likeness (QED) is 0.529. The molecule has 12 nitrogen and oxygen atoms in total. The van der Waals surface area contributed by atoms with E-state index in [9.17, 15) is 14.4 Å². The number of aliphatic carboxylic acids is 1. The number of rotatable bonds is 7. The maximum absolute atomic E-state index is 12.9. The van der Waals surface area contributed by atoms with Gasteiger partial charge < -0.3 is 15.7 Å². The van der Waals surface area contributed by atoms with E-state index in [1.807, 2.05) is 13.8 Å². The lowest BCUT2D eigenvalue weighted by Crippen LogP contribution is -2.23. The largest absolute Gasteiger partial charge is 0.480 e. The van der Waals surface area contributed by atoms with Crippen LogP contribution in [-0.2, 0) is 24.9 Å². The number of nitrogens with zero attached hydrogens (tertiary/aromatic N) is 6. The van der Waals surface area contributed by atoms with Crippen molar-refractivity contribution in [2.45, 2.75) is 26.9 Å². The number of aryl methyl sites for hydroxylation is 2. The molecule has 0 saturated carbocycles. The molecule has 0 aliphatic rings. The standard InChI is InChI=1S/C17H20N8O4/c1-4-24-15(17(29)21-11-7-19-23(3)10(11)2)12(8-20-24)22-16(28)13-5-6-18-25(13)9-14(26)27/h5-8H,4,9H2,1-3H3,(H,21,29)(H,22,28)(H,26,27). The summed E-state index contributed by atoms with van der Waals surface area (Å²) in [5, 5.41) is 26.4. The summed E-state index contributed by atoms with van der Waals surface area (Å²) in [7, 11) is 1.76. The SMILES string of the molecule is CCn1ncc(NC(=O)c2ccnn2CC(=O)O)c1C(=O)Nc1cnn(C)c1C. The first kappa shape index (κ1) is 19.8. The van der Waals surface area contributed by atoms with Gasteiger partial charge in [0, 0.05) is 19.8 Å². The second-order valence-electron chi connectivity index (χ2n) is 6.17. The minimum absolute atomic E-state index is 0.0473. The molecule has 0 unspecified atom stereocenters. The van der Waals surface area contributed by atoms with Crippen molar-refractivity contribution >= 4 is 29.2 Å². The Hall–Kier alpha value is -3.96. The van der Waals surface area contributed by atoms with Crippen molar-refractivity contribution in [1.82, 2.24) is 29.3 Å². The Morgan fingerprint density at radius 3 is 2.34 bits per heavy atom. The normalized spacial score (nSPS) is 10.7. The first-order valence-electron chi connectivity index (χ1n) is 8.72. The number of aromatic nitrogens is 6. The van der Waals surface area contributed by atoms with Gasteiger partial charge in [-0.25, -0.2) is 4.68 Å². The van der Waals surface area contributed by atoms with Crippen LogP contribution in [-0.4, -0.2) is 52.2 Å². The number of carboxylic acids is 1. The third-order valence-electron chi connectivity index (χ3n) is 4.32. The lowest BCUT2D eigenvalue weighted by atomic mass is 10.3. The Kier molecular flexibility index (Phi) is 5.43. The summed E-state index contributed by atoms with van der Waals surface area (Å²) in [6, 6.07) is 1.39. The van der Waals surface area contributed by atoms with Gasteiger partial charge in [-0.05, 0) is 19.9 Å². The lowest BCUT2D eigenvalue weighted by Gasteiger charge is -2.10. The highest BCUT2D eigenvalue weighted by atomic mass is 16.4. The Morgan fingerprint density at radius 2 is 1.72 bits per heavy atom. The Labute approximate surface area is 165 Å². The molecule has 3 N–H and O–H groups in total. The highest BCUT2D eigenvalue weighted by Gasteiger charge is 2.23. The number of carbonyl (C=O) groups is 3. The Balaban J connectivity index is 1.86. The number of amides is 2. The van der Waals surface area contributed by atoms with Crippen molar-refractivity contribution in [2.75, 3.05) is 10.6 Å². The van der Waals surface area contributed by atoms with Crippen molar-refractivity contribution in [3.8, 4) is 0 Å². The highest BCUT2D eigenvalue weighted by Crippen LogP contribution is 2.20. The van der Waals surface area contributed by atoms with Gasteiger partial charge in [-0.1, -0.05) is 0 Å². The van der Waals surface area contributed by atoms with Gasteiger partial charge in [0.05, 0.1) is 29.5 Å². The van der Waals surface area contributed by atoms with Gasteiger partial charge in [0.2, 0.25) is 0 Å². The van der Waals surface area contributed by atoms with Crippen molar-refractivity contribution < 1.29 is 19.5 Å². The van der Waals surface area contributed by atoms with Crippen LogP contribution in [0.3, 0.4) is 0 Å². The molecule has 0 atom stereocenters. The molecule has 0 fully saturated rings. The van der Waals surface area contributed by atoms with Gasteiger partial charge in [-0.15, -0.1) is 0 Å². The molecule has 3 heterocycles. The van der Waals surface area contributed by atoms with E-state index in [2.05, 4.69) is 25.9 Å². The third kappa shape index (κ3) is 4.00. The molecule has 29 heavy (non-hydrogen) atoms. The summed E-state index contributed by atoms with van der Waals surface area (Å²) in [6.07, 6.45) is 4.22. The van der Waals surface area contributed by atoms with Crippen LogP contribution in [0.15, 0.2) is 24.7 Å². The second kappa shape index (κ2) is 7.96. The van der Waals surface area contributed by atoms with Crippen LogP contribution in [0.1, 0.15) is 33.6 Å². The number of anilines is 2. The van der Waals surface area contributed by atoms with Crippen LogP contribution in [0.25, 0.3) is 0 Å². The summed E-state index contributed by atoms with van der Waals surface area (Å²) >= 11 is 0. The summed E-state index contributed by atoms with van der Waals surface area (Å²) in [6.45, 7) is 3.57. The van der Waals surface area contributed by atoms with Crippen LogP contribution in [0.4, 0.5) is 11.4 Å². The van der Waals surface area contributed by atoms with E-state index in [1.54, 1.807) is 11.7 Å². The average molecular weight is 400 g/mol. The minimum atomic E-state index is -1.13. The predicted molar refractivity (Wildman–Crippen MR) is 102 cm³/mol. The Morgan fingerprint density at radius 1 is 1.03 bits per heavy atom. The smallest absolute Gasteiger partial charge is 0.325 e. The number of hydrogen-bond acceptors (Lipinski definition) is 6. The molecular weight excluding hydrogens is 380 g/mol. The molecule has 2 amide bonds. The maximum atomic E-state index is 12.9. The van der Waals surface area contributed by atoms with E-state index < -0.39 is 24.3 Å². The van der Waals surface area contributed by atoms with E-state index in [0.29, 0.717) is 12.2 Å². The molecule has 0 radical (unpaired) electrons. The molecule has 3 aromatic rings. The highest BCUT2D eigenvalue weighted by molar-refractivity contribution is 6.11. The van der Waals surface area contributed by atoms with Gasteiger partial charge >= 0.3 is 5.97 Å². The summed E-state index contributed by atoms with van der Waals surface area (Å²) < 4.78 is 4.13. The molecule has 0 aromatic carbocycles. The van der Waals surface area contributed by atoms with E-state index in [-0.39, 0.29) is 17.1 Å². The average Bonchev–Trinajstić information content (AvgIpc) is 3.36. The van der Waals surface area contributed by atoms with Crippen molar-refractivity contribution in [1.29, 1.82) is 0 Å². The fourth-order valence-corrected chi connectivity index (χ4v) is 2.73. The second-order valence-corrected chi connectivity index (χ2v) is 6.17. The first-order valence-corrected chi connectivity index (χ1v) is 8.72. The molecular formula is C17H20N8O4. The molecule has 152 valence electrons. The van der Waals surface area contributed by atoms with Crippen LogP contribution < -0.4 is 10.6 Å². The molecule has 0 saturated heterocycles. The van der Waals surface area contributed by atoms with E-state index in [4.69, 9.17) is 5.11 Å². The van der Waals surface area contributed by atoms with Gasteiger partial charge in [-0.2, -0.15) is 15.3 Å². The van der Waals surface area contributed by atoms with Gasteiger partial charge in [0.15, 0.2) is 0 Å². The molecule has 3 aromatic heterocycles. The topological polar surface area (TPSA) is 149 Å². The molecule has 3 rings (SSSR count). The third-order valence-corrected chi connectivity index (χ3v) is 4.32. The maximum Gasteiger partial charge on any atom is 0.325 e. The van der Waals surface area contributed by atoms with Crippen LogP contribution >= 0.6 is 0 Å². The zero-order valence-electron chi connectivity index (χ0n) is 16.1. The van der Waals surface area contributed by atoms with Crippen molar-refractivity contribution in [3.63, 3.8) is 0 Å². The van der Waals surface area contributed by atoms with Crippen molar-refractivity contribution in [3.05, 3.63) is 41.7 Å². The monoisotopic (exact) mass is 400 g/mol. The molecule has 0 aliphatic carbocycles. The summed E-state index contributed by atoms with van der Waals surface area (Å²) in [5.74, 6) is -2.20. The lowest BCUT2D eigenvalue weighted by molar-refractivity contribution is -0.137. The molecule has 12 heteroatoms. The van der Waals surface area contributed by atoms with Crippen LogP contribution in [0, 0.1) is 6.92 Å².